The van der Waals surface area contributed by atoms with Gasteiger partial charge in [-0.25, -0.2) is 0 Å². The maximum Gasteiger partial charge on any atom is 0.226 e. The summed E-state index contributed by atoms with van der Waals surface area (Å²) >= 11 is 0. The number of hydrogen-bond donors (Lipinski definition) is 1. The van der Waals surface area contributed by atoms with Crippen molar-refractivity contribution in [1.82, 2.24) is 10.2 Å². The van der Waals surface area contributed by atoms with E-state index >= 15 is 0 Å². The largest absolute Gasteiger partial charge is 0.493 e. The lowest BCUT2D eigenvalue weighted by Crippen LogP contribution is -2.41. The molecule has 20 heavy (non-hydrogen) atoms. The number of benzene rings is 1. The second kappa shape index (κ2) is 7.29. The molecule has 1 heterocycles. The second-order valence-corrected chi connectivity index (χ2v) is 5.36. The topological polar surface area (TPSA) is 41.6 Å². The molecule has 4 nitrogen and oxygen atoms in total. The maximum atomic E-state index is 12.2. The highest BCUT2D eigenvalue weighted by Crippen LogP contribution is 2.18. The lowest BCUT2D eigenvalue weighted by atomic mass is 10.2. The Morgan fingerprint density at radius 3 is 3.10 bits per heavy atom. The zero-order valence-corrected chi connectivity index (χ0v) is 12.4. The number of aryl methyl sites for hydroxylation is 1. The van der Waals surface area contributed by atoms with Crippen LogP contribution >= 0.6 is 0 Å². The first kappa shape index (κ1) is 14.9. The van der Waals surface area contributed by atoms with E-state index in [-0.39, 0.29) is 5.91 Å². The first-order valence-electron chi connectivity index (χ1n) is 7.34. The zero-order valence-electron chi connectivity index (χ0n) is 12.4. The molecule has 1 unspecified atom stereocenters. The number of ether oxygens (including phenoxy) is 1. The Morgan fingerprint density at radius 2 is 2.35 bits per heavy atom. The molecule has 0 radical (unpaired) electrons. The molecule has 0 saturated carbocycles. The molecule has 1 amide bonds. The second-order valence-electron chi connectivity index (χ2n) is 5.36. The number of carbonyl (C=O) groups excluding carboxylic acids is 1. The fourth-order valence-corrected chi connectivity index (χ4v) is 2.72. The quantitative estimate of drug-likeness (QED) is 0.864. The molecule has 1 fully saturated rings. The Morgan fingerprint density at radius 1 is 1.50 bits per heavy atom. The Kier molecular flexibility index (Phi) is 5.41. The zero-order chi connectivity index (χ0) is 14.4. The van der Waals surface area contributed by atoms with E-state index in [4.69, 9.17) is 4.74 Å². The van der Waals surface area contributed by atoms with Crippen molar-refractivity contribution in [1.29, 1.82) is 0 Å². The number of amides is 1. The fourth-order valence-electron chi connectivity index (χ4n) is 2.72. The molecule has 0 bridgehead atoms. The lowest BCUT2D eigenvalue weighted by molar-refractivity contribution is -0.132. The van der Waals surface area contributed by atoms with E-state index in [0.29, 0.717) is 19.1 Å². The van der Waals surface area contributed by atoms with E-state index in [1.807, 2.05) is 43.1 Å². The van der Waals surface area contributed by atoms with Crippen LogP contribution in [0.3, 0.4) is 0 Å². The summed E-state index contributed by atoms with van der Waals surface area (Å²) in [5.41, 5.74) is 1.17. The van der Waals surface area contributed by atoms with E-state index in [1.165, 1.54) is 5.56 Å². The monoisotopic (exact) mass is 276 g/mol. The summed E-state index contributed by atoms with van der Waals surface area (Å²) < 4.78 is 5.65. The van der Waals surface area contributed by atoms with Crippen molar-refractivity contribution in [2.75, 3.05) is 26.7 Å². The highest BCUT2D eigenvalue weighted by molar-refractivity contribution is 5.77. The van der Waals surface area contributed by atoms with Crippen LogP contribution in [0.4, 0.5) is 0 Å². The summed E-state index contributed by atoms with van der Waals surface area (Å²) in [6.07, 6.45) is 2.66. The highest BCUT2D eigenvalue weighted by atomic mass is 16.5. The first-order chi connectivity index (χ1) is 9.70. The van der Waals surface area contributed by atoms with Gasteiger partial charge in [0.1, 0.15) is 5.75 Å². The smallest absolute Gasteiger partial charge is 0.226 e. The van der Waals surface area contributed by atoms with Crippen LogP contribution in [0.1, 0.15) is 24.8 Å². The van der Waals surface area contributed by atoms with Crippen molar-refractivity contribution in [3.05, 3.63) is 29.8 Å². The van der Waals surface area contributed by atoms with Crippen LogP contribution in [0.2, 0.25) is 0 Å². The highest BCUT2D eigenvalue weighted by Gasteiger charge is 2.27. The molecule has 1 atom stereocenters. The van der Waals surface area contributed by atoms with Crippen LogP contribution in [0, 0.1) is 6.92 Å². The third kappa shape index (κ3) is 3.97. The minimum absolute atomic E-state index is 0.204. The van der Waals surface area contributed by atoms with Crippen molar-refractivity contribution in [3.63, 3.8) is 0 Å². The number of carbonyl (C=O) groups is 1. The number of rotatable bonds is 6. The standard InChI is InChI=1S/C16H24N2O2/c1-13-5-3-7-15(11-13)20-10-8-16(19)18-9-4-6-14(18)12-17-2/h3,5,7,11,14,17H,4,6,8-10,12H2,1-2H3. The third-order valence-corrected chi connectivity index (χ3v) is 3.71. The molecule has 0 aliphatic carbocycles. The molecular formula is C16H24N2O2. The molecule has 1 N–H and O–H groups in total. The van der Waals surface area contributed by atoms with Crippen molar-refractivity contribution in [3.8, 4) is 5.75 Å². The summed E-state index contributed by atoms with van der Waals surface area (Å²) in [4.78, 5) is 14.2. The van der Waals surface area contributed by atoms with Gasteiger partial charge in [-0.05, 0) is 44.5 Å². The van der Waals surface area contributed by atoms with Gasteiger partial charge in [0.05, 0.1) is 13.0 Å². The van der Waals surface area contributed by atoms with Gasteiger partial charge in [-0.3, -0.25) is 4.79 Å². The van der Waals surface area contributed by atoms with Crippen LogP contribution in [0.25, 0.3) is 0 Å². The predicted molar refractivity (Wildman–Crippen MR) is 80.0 cm³/mol. The third-order valence-electron chi connectivity index (χ3n) is 3.71. The van der Waals surface area contributed by atoms with E-state index in [0.717, 1.165) is 31.7 Å². The van der Waals surface area contributed by atoms with Crippen LogP contribution in [0.5, 0.6) is 5.75 Å². The number of likely N-dealkylation sites (tertiary alicyclic amines) is 1. The Balaban J connectivity index is 1.77. The van der Waals surface area contributed by atoms with Crippen LogP contribution < -0.4 is 10.1 Å². The molecule has 1 aliphatic rings. The normalized spacial score (nSPS) is 18.3. The molecule has 1 saturated heterocycles. The summed E-state index contributed by atoms with van der Waals surface area (Å²) in [5, 5.41) is 3.16. The number of hydrogen-bond acceptors (Lipinski definition) is 3. The SMILES string of the molecule is CNCC1CCCN1C(=O)CCOc1cccc(C)c1. The number of nitrogens with zero attached hydrogens (tertiary/aromatic N) is 1. The Labute approximate surface area is 121 Å². The molecule has 1 aliphatic heterocycles. The summed E-state index contributed by atoms with van der Waals surface area (Å²) in [6, 6.07) is 8.27. The van der Waals surface area contributed by atoms with Crippen molar-refractivity contribution < 1.29 is 9.53 Å². The van der Waals surface area contributed by atoms with Crippen molar-refractivity contribution >= 4 is 5.91 Å². The lowest BCUT2D eigenvalue weighted by Gasteiger charge is -2.24. The molecule has 110 valence electrons. The van der Waals surface area contributed by atoms with Gasteiger partial charge in [-0.1, -0.05) is 12.1 Å². The van der Waals surface area contributed by atoms with Crippen LogP contribution in [0.15, 0.2) is 24.3 Å². The summed E-state index contributed by atoms with van der Waals surface area (Å²) in [7, 11) is 1.93. The van der Waals surface area contributed by atoms with Gasteiger partial charge < -0.3 is 15.0 Å². The molecule has 0 aromatic heterocycles. The number of likely N-dealkylation sites (N-methyl/N-ethyl adjacent to an activating group) is 1. The van der Waals surface area contributed by atoms with Gasteiger partial charge in [0.15, 0.2) is 0 Å². The van der Waals surface area contributed by atoms with Gasteiger partial charge >= 0.3 is 0 Å². The van der Waals surface area contributed by atoms with Gasteiger partial charge in [0.25, 0.3) is 0 Å². The number of nitrogens with one attached hydrogen (secondary N) is 1. The van der Waals surface area contributed by atoms with Crippen LogP contribution in [-0.2, 0) is 4.79 Å². The van der Waals surface area contributed by atoms with Gasteiger partial charge in [0, 0.05) is 19.1 Å². The van der Waals surface area contributed by atoms with Crippen molar-refractivity contribution in [2.24, 2.45) is 0 Å². The van der Waals surface area contributed by atoms with E-state index in [2.05, 4.69) is 5.32 Å². The first-order valence-corrected chi connectivity index (χ1v) is 7.34. The summed E-state index contributed by atoms with van der Waals surface area (Å²) in [5.74, 6) is 1.04. The molecule has 1 aromatic carbocycles. The molecule has 1 aromatic rings. The molecule has 4 heteroatoms. The average molecular weight is 276 g/mol. The van der Waals surface area contributed by atoms with Crippen LogP contribution in [-0.4, -0.2) is 43.6 Å². The molecule has 2 rings (SSSR count). The minimum atomic E-state index is 0.204. The molecular weight excluding hydrogens is 252 g/mol. The fraction of sp³-hybridized carbons (Fsp3) is 0.562. The maximum absolute atomic E-state index is 12.2. The van der Waals surface area contributed by atoms with Gasteiger partial charge in [-0.2, -0.15) is 0 Å². The van der Waals surface area contributed by atoms with Gasteiger partial charge in [0.2, 0.25) is 5.91 Å². The summed E-state index contributed by atoms with van der Waals surface area (Å²) in [6.45, 7) is 4.25. The van der Waals surface area contributed by atoms with Crippen molar-refractivity contribution in [2.45, 2.75) is 32.2 Å². The van der Waals surface area contributed by atoms with E-state index in [1.54, 1.807) is 0 Å². The Hall–Kier alpha value is -1.55. The Bertz CT molecular complexity index is 448. The minimum Gasteiger partial charge on any atom is -0.493 e. The predicted octanol–water partition coefficient (Wildman–Crippen LogP) is 1.97. The van der Waals surface area contributed by atoms with E-state index in [9.17, 15) is 4.79 Å². The van der Waals surface area contributed by atoms with Gasteiger partial charge in [-0.15, -0.1) is 0 Å². The molecule has 0 spiro atoms. The van der Waals surface area contributed by atoms with E-state index < -0.39 is 0 Å². The average Bonchev–Trinajstić information content (AvgIpc) is 2.87.